The molecule has 2 aliphatic rings. The quantitative estimate of drug-likeness (QED) is 0.204. The van der Waals surface area contributed by atoms with Crippen molar-refractivity contribution < 1.29 is 18.3 Å². The van der Waals surface area contributed by atoms with Crippen molar-refractivity contribution in [3.63, 3.8) is 0 Å². The molecular weight excluding hydrogens is 660 g/mol. The van der Waals surface area contributed by atoms with Crippen LogP contribution in [0.5, 0.6) is 6.01 Å². The summed E-state index contributed by atoms with van der Waals surface area (Å²) in [6, 6.07) is 6.23. The molecule has 0 saturated carbocycles. The van der Waals surface area contributed by atoms with Crippen LogP contribution in [0.3, 0.4) is 0 Å². The van der Waals surface area contributed by atoms with Crippen molar-refractivity contribution >= 4 is 60.6 Å². The number of rotatable bonds is 7. The number of thiophene rings is 1. The highest BCUT2D eigenvalue weighted by Gasteiger charge is 2.38. The summed E-state index contributed by atoms with van der Waals surface area (Å²) < 4.78 is 44.1. The fourth-order valence-electron chi connectivity index (χ4n) is 6.78. The molecule has 248 valence electrons. The minimum atomic E-state index is -0.779. The molecular formula is C33H32ClF2N9O2S. The van der Waals surface area contributed by atoms with Crippen LogP contribution >= 0.6 is 22.9 Å². The van der Waals surface area contributed by atoms with Crippen molar-refractivity contribution in [3.8, 4) is 23.2 Å². The molecule has 48 heavy (non-hydrogen) atoms. The highest BCUT2D eigenvalue weighted by Crippen LogP contribution is 2.46. The predicted molar refractivity (Wildman–Crippen MR) is 182 cm³/mol. The lowest BCUT2D eigenvalue weighted by molar-refractivity contribution is -0.0556. The highest BCUT2D eigenvalue weighted by molar-refractivity contribution is 7.23. The number of hydrogen-bond acceptors (Lipinski definition) is 12. The van der Waals surface area contributed by atoms with Gasteiger partial charge in [-0.25, -0.2) is 18.7 Å². The first kappa shape index (κ1) is 32.1. The molecule has 4 N–H and O–H groups in total. The van der Waals surface area contributed by atoms with Crippen molar-refractivity contribution in [2.75, 3.05) is 43.2 Å². The third-order valence-electron chi connectivity index (χ3n) is 9.40. The number of ether oxygens (including phenoxy) is 2. The average Bonchev–Trinajstić information content (AvgIpc) is 3.64. The molecule has 7 rings (SSSR count). The predicted octanol–water partition coefficient (Wildman–Crippen LogP) is 6.10. The number of halogens is 3. The van der Waals surface area contributed by atoms with E-state index < -0.39 is 17.7 Å². The Hall–Kier alpha value is -4.42. The summed E-state index contributed by atoms with van der Waals surface area (Å²) in [6.07, 6.45) is 5.01. The SMILES string of the molecule is C[C@@H]1CN2[C@H](CC[C@H]2COc2nc(N(C)[C@H](C)c3cncnc3N)c3cc(Cl)c(-c4ccc(F)c5sc(N)c(C#N)c45)c(F)c3n2)CO1. The molecule has 0 aliphatic carbocycles. The second kappa shape index (κ2) is 12.6. The van der Waals surface area contributed by atoms with Gasteiger partial charge in [0.2, 0.25) is 0 Å². The zero-order chi connectivity index (χ0) is 33.9. The standard InChI is InChI=1S/C33H32ClF2N9O2S/c1-15-11-45-17(12-46-15)4-5-18(45)13-47-33-42-28-20(32(43-33)44(3)16(2)22-10-40-14-41-30(22)38)8-23(34)26(27(28)36)19-6-7-24(35)29-25(19)21(9-37)31(39)48-29/h6-8,10,14-18H,4-5,11-13,39H2,1-3H3,(H2,38,40,41)/t15-,16-,17-,18+/m1/s1. The van der Waals surface area contributed by atoms with Gasteiger partial charge in [0, 0.05) is 53.8 Å². The number of nitrogens with two attached hydrogens (primary N) is 2. The Morgan fingerprint density at radius 2 is 2.08 bits per heavy atom. The van der Waals surface area contributed by atoms with Gasteiger partial charge in [-0.2, -0.15) is 15.2 Å². The van der Waals surface area contributed by atoms with Crippen molar-refractivity contribution in [3.05, 3.63) is 58.5 Å². The molecule has 11 nitrogen and oxygen atoms in total. The van der Waals surface area contributed by atoms with Gasteiger partial charge in [0.1, 0.15) is 47.0 Å². The molecule has 0 spiro atoms. The lowest BCUT2D eigenvalue weighted by Gasteiger charge is -2.37. The minimum Gasteiger partial charge on any atom is -0.462 e. The van der Waals surface area contributed by atoms with E-state index >= 15 is 4.39 Å². The smallest absolute Gasteiger partial charge is 0.319 e. The zero-order valence-electron chi connectivity index (χ0n) is 26.4. The number of benzene rings is 2. The largest absolute Gasteiger partial charge is 0.462 e. The molecule has 2 aliphatic heterocycles. The van der Waals surface area contributed by atoms with E-state index in [4.69, 9.17) is 37.5 Å². The number of nitriles is 1. The molecule has 5 aromatic rings. The van der Waals surface area contributed by atoms with Crippen molar-refractivity contribution in [1.29, 1.82) is 5.26 Å². The Labute approximate surface area is 284 Å². The summed E-state index contributed by atoms with van der Waals surface area (Å²) in [7, 11) is 1.79. The van der Waals surface area contributed by atoms with E-state index in [1.165, 1.54) is 18.5 Å². The molecule has 3 aromatic heterocycles. The molecule has 0 radical (unpaired) electrons. The Balaban J connectivity index is 1.37. The van der Waals surface area contributed by atoms with Crippen molar-refractivity contribution in [2.24, 2.45) is 0 Å². The van der Waals surface area contributed by atoms with Gasteiger partial charge in [-0.3, -0.25) is 4.90 Å². The number of anilines is 3. The van der Waals surface area contributed by atoms with Crippen LogP contribution in [-0.4, -0.2) is 69.8 Å². The number of aromatic nitrogens is 4. The Kier molecular flexibility index (Phi) is 8.41. The zero-order valence-corrected chi connectivity index (χ0v) is 27.9. The van der Waals surface area contributed by atoms with Gasteiger partial charge in [0.25, 0.3) is 0 Å². The molecule has 0 amide bonds. The van der Waals surface area contributed by atoms with Gasteiger partial charge in [-0.05, 0) is 44.4 Å². The third-order valence-corrected chi connectivity index (χ3v) is 10.7. The van der Waals surface area contributed by atoms with Crippen LogP contribution in [0, 0.1) is 23.0 Å². The van der Waals surface area contributed by atoms with Crippen LogP contribution in [0.15, 0.2) is 30.7 Å². The third kappa shape index (κ3) is 5.40. The maximum atomic E-state index is 17.0. The maximum Gasteiger partial charge on any atom is 0.319 e. The van der Waals surface area contributed by atoms with E-state index in [0.717, 1.165) is 30.7 Å². The summed E-state index contributed by atoms with van der Waals surface area (Å²) >= 11 is 7.76. The maximum absolute atomic E-state index is 17.0. The van der Waals surface area contributed by atoms with Crippen LogP contribution in [0.1, 0.15) is 43.9 Å². The van der Waals surface area contributed by atoms with Gasteiger partial charge >= 0.3 is 6.01 Å². The normalized spacial score (nSPS) is 20.1. The number of nitrogens with zero attached hydrogens (tertiary/aromatic N) is 7. The molecule has 2 saturated heterocycles. The lowest BCUT2D eigenvalue weighted by Crippen LogP contribution is -2.49. The summed E-state index contributed by atoms with van der Waals surface area (Å²) in [5, 5.41) is 10.5. The van der Waals surface area contributed by atoms with Crippen molar-refractivity contribution in [2.45, 2.75) is 50.9 Å². The lowest BCUT2D eigenvalue weighted by atomic mass is 9.97. The monoisotopic (exact) mass is 691 g/mol. The second-order valence-electron chi connectivity index (χ2n) is 12.2. The number of fused-ring (bicyclic) bond motifs is 3. The van der Waals surface area contributed by atoms with E-state index in [1.54, 1.807) is 24.2 Å². The van der Waals surface area contributed by atoms with Gasteiger partial charge < -0.3 is 25.8 Å². The van der Waals surface area contributed by atoms with E-state index in [9.17, 15) is 9.65 Å². The number of hydrogen-bond donors (Lipinski definition) is 2. The highest BCUT2D eigenvalue weighted by atomic mass is 35.5. The van der Waals surface area contributed by atoms with Crippen LogP contribution in [-0.2, 0) is 4.74 Å². The summed E-state index contributed by atoms with van der Waals surface area (Å²) in [6.45, 7) is 5.72. The topological polar surface area (TPSA) is 152 Å². The first-order valence-corrected chi connectivity index (χ1v) is 16.7. The summed E-state index contributed by atoms with van der Waals surface area (Å²) in [5.41, 5.74) is 13.1. The molecule has 0 unspecified atom stereocenters. The summed E-state index contributed by atoms with van der Waals surface area (Å²) in [4.78, 5) is 21.8. The molecule has 2 aromatic carbocycles. The fraction of sp³-hybridized carbons (Fsp3) is 0.364. The van der Waals surface area contributed by atoms with E-state index in [1.807, 2.05) is 13.0 Å². The van der Waals surface area contributed by atoms with Gasteiger partial charge in [-0.15, -0.1) is 11.3 Å². The second-order valence-corrected chi connectivity index (χ2v) is 13.7. The number of nitrogen functional groups attached to an aromatic ring is 2. The Morgan fingerprint density at radius 3 is 2.85 bits per heavy atom. The fourth-order valence-corrected chi connectivity index (χ4v) is 8.02. The molecule has 2 fully saturated rings. The van der Waals surface area contributed by atoms with Crippen LogP contribution in [0.25, 0.3) is 32.1 Å². The molecule has 4 atom stereocenters. The molecule has 0 bridgehead atoms. The van der Waals surface area contributed by atoms with Gasteiger partial charge in [0.15, 0.2) is 5.82 Å². The van der Waals surface area contributed by atoms with Crippen LogP contribution < -0.4 is 21.1 Å². The Bertz CT molecular complexity index is 2110. The van der Waals surface area contributed by atoms with Crippen molar-refractivity contribution in [1.82, 2.24) is 24.8 Å². The van der Waals surface area contributed by atoms with Crippen LogP contribution in [0.4, 0.5) is 25.4 Å². The first-order chi connectivity index (χ1) is 23.1. The van der Waals surface area contributed by atoms with Crippen LogP contribution in [0.2, 0.25) is 5.02 Å². The van der Waals surface area contributed by atoms with E-state index in [0.29, 0.717) is 41.8 Å². The first-order valence-electron chi connectivity index (χ1n) is 15.5. The Morgan fingerprint density at radius 1 is 1.27 bits per heavy atom. The number of morpholine rings is 1. The molecule has 5 heterocycles. The minimum absolute atomic E-state index is 0.0159. The average molecular weight is 692 g/mol. The van der Waals surface area contributed by atoms with Gasteiger partial charge in [-0.1, -0.05) is 17.7 Å². The summed E-state index contributed by atoms with van der Waals surface area (Å²) in [5.74, 6) is -0.721. The molecule has 15 heteroatoms. The van der Waals surface area contributed by atoms with Gasteiger partial charge in [0.05, 0.1) is 34.0 Å². The van der Waals surface area contributed by atoms with E-state index in [-0.39, 0.29) is 60.5 Å². The van der Waals surface area contributed by atoms with E-state index in [2.05, 4.69) is 26.8 Å².